The molecule has 0 saturated carbocycles. The molecule has 0 aliphatic carbocycles. The zero-order chi connectivity index (χ0) is 18.2. The van der Waals surface area contributed by atoms with Crippen molar-refractivity contribution in [3.05, 3.63) is 35.4 Å². The van der Waals surface area contributed by atoms with Crippen molar-refractivity contribution in [3.63, 3.8) is 0 Å². The number of hydrogen-bond acceptors (Lipinski definition) is 2. The Bertz CT molecular complexity index is 543. The molecule has 1 atom stereocenters. The van der Waals surface area contributed by atoms with Gasteiger partial charge in [0, 0.05) is 18.2 Å². The van der Waals surface area contributed by atoms with Crippen molar-refractivity contribution in [3.8, 4) is 0 Å². The molecule has 0 radical (unpaired) electrons. The van der Waals surface area contributed by atoms with Gasteiger partial charge in [0.05, 0.1) is 6.54 Å². The number of nitrogens with two attached hydrogens (primary N) is 1. The van der Waals surface area contributed by atoms with Crippen molar-refractivity contribution in [2.75, 3.05) is 6.54 Å². The lowest BCUT2D eigenvalue weighted by Crippen LogP contribution is -2.42. The molecule has 0 aliphatic rings. The van der Waals surface area contributed by atoms with Gasteiger partial charge in [0.2, 0.25) is 5.91 Å². The molecule has 1 aromatic rings. The van der Waals surface area contributed by atoms with E-state index in [0.29, 0.717) is 23.6 Å². The molecule has 1 unspecified atom stereocenters. The highest BCUT2D eigenvalue weighted by Gasteiger charge is 2.13. The Labute approximate surface area is 146 Å². The Hall–Kier alpha value is -2.04. The average molecular weight is 332 g/mol. The number of amides is 1. The van der Waals surface area contributed by atoms with Gasteiger partial charge in [0.25, 0.3) is 0 Å². The van der Waals surface area contributed by atoms with Crippen LogP contribution < -0.4 is 16.4 Å². The van der Waals surface area contributed by atoms with Gasteiger partial charge in [-0.3, -0.25) is 4.79 Å². The second-order valence-electron chi connectivity index (χ2n) is 7.40. The molecule has 0 bridgehead atoms. The molecule has 5 nitrogen and oxygen atoms in total. The van der Waals surface area contributed by atoms with Crippen LogP contribution >= 0.6 is 0 Å². The van der Waals surface area contributed by atoms with E-state index in [0.717, 1.165) is 30.9 Å². The molecule has 0 spiro atoms. The predicted molar refractivity (Wildman–Crippen MR) is 101 cm³/mol. The fourth-order valence-corrected chi connectivity index (χ4v) is 2.22. The van der Waals surface area contributed by atoms with E-state index in [1.54, 1.807) is 12.1 Å². The van der Waals surface area contributed by atoms with Crippen molar-refractivity contribution >= 4 is 11.9 Å². The third kappa shape index (κ3) is 7.99. The van der Waals surface area contributed by atoms with Gasteiger partial charge in [-0.1, -0.05) is 32.9 Å². The summed E-state index contributed by atoms with van der Waals surface area (Å²) in [5, 5.41) is 6.73. The van der Waals surface area contributed by atoms with Crippen LogP contribution in [0.3, 0.4) is 0 Å². The van der Waals surface area contributed by atoms with Crippen molar-refractivity contribution in [2.24, 2.45) is 16.1 Å². The van der Waals surface area contributed by atoms with Gasteiger partial charge < -0.3 is 16.4 Å². The Morgan fingerprint density at radius 1 is 1.25 bits per heavy atom. The Morgan fingerprint density at radius 3 is 2.38 bits per heavy atom. The summed E-state index contributed by atoms with van der Waals surface area (Å²) in [5.74, 6) is 0.408. The molecule has 1 aromatic carbocycles. The van der Waals surface area contributed by atoms with Gasteiger partial charge in [-0.2, -0.15) is 0 Å². The number of carbonyl (C=O) groups is 1. The van der Waals surface area contributed by atoms with Gasteiger partial charge in [-0.15, -0.1) is 0 Å². The first-order chi connectivity index (χ1) is 11.2. The van der Waals surface area contributed by atoms with Crippen molar-refractivity contribution in [1.82, 2.24) is 10.6 Å². The fourth-order valence-electron chi connectivity index (χ4n) is 2.22. The summed E-state index contributed by atoms with van der Waals surface area (Å²) in [6.45, 7) is 12.4. The fraction of sp³-hybridized carbons (Fsp3) is 0.579. The third-order valence-electron chi connectivity index (χ3n) is 3.71. The SMILES string of the molecule is CCNC(=NCc1ccc(C(N)=O)cc1)NC(C)CCC(C)(C)C. The van der Waals surface area contributed by atoms with Gasteiger partial charge in [-0.05, 0) is 49.8 Å². The summed E-state index contributed by atoms with van der Waals surface area (Å²) in [7, 11) is 0. The van der Waals surface area contributed by atoms with Crippen molar-refractivity contribution in [1.29, 1.82) is 0 Å². The molecule has 24 heavy (non-hydrogen) atoms. The van der Waals surface area contributed by atoms with Crippen LogP contribution in [0.25, 0.3) is 0 Å². The zero-order valence-electron chi connectivity index (χ0n) is 15.6. The maximum absolute atomic E-state index is 11.1. The number of nitrogens with one attached hydrogen (secondary N) is 2. The Kier molecular flexibility index (Phi) is 7.75. The highest BCUT2D eigenvalue weighted by atomic mass is 16.1. The van der Waals surface area contributed by atoms with E-state index in [1.165, 1.54) is 0 Å². The zero-order valence-corrected chi connectivity index (χ0v) is 15.6. The minimum Gasteiger partial charge on any atom is -0.366 e. The molecule has 5 heteroatoms. The summed E-state index contributed by atoms with van der Waals surface area (Å²) in [5.41, 5.74) is 7.15. The standard InChI is InChI=1S/C19H32N4O/c1-6-21-18(23-14(2)11-12-19(3,4)5)22-13-15-7-9-16(10-8-15)17(20)24/h7-10,14H,6,11-13H2,1-5H3,(H2,20,24)(H2,21,22,23). The minimum atomic E-state index is -0.410. The predicted octanol–water partition coefficient (Wildman–Crippen LogP) is 3.06. The maximum atomic E-state index is 11.1. The van der Waals surface area contributed by atoms with Gasteiger partial charge >= 0.3 is 0 Å². The second-order valence-corrected chi connectivity index (χ2v) is 7.40. The lowest BCUT2D eigenvalue weighted by Gasteiger charge is -2.23. The summed E-state index contributed by atoms with van der Waals surface area (Å²) >= 11 is 0. The number of primary amides is 1. The third-order valence-corrected chi connectivity index (χ3v) is 3.71. The molecule has 1 rings (SSSR count). The molecule has 0 heterocycles. The lowest BCUT2D eigenvalue weighted by molar-refractivity contribution is 0.100. The number of nitrogens with zero attached hydrogens (tertiary/aromatic N) is 1. The first kappa shape index (κ1) is 20.0. The highest BCUT2D eigenvalue weighted by Crippen LogP contribution is 2.21. The quantitative estimate of drug-likeness (QED) is 0.530. The van der Waals surface area contributed by atoms with E-state index >= 15 is 0 Å². The molecule has 0 aromatic heterocycles. The number of aliphatic imine (C=N–C) groups is 1. The van der Waals surface area contributed by atoms with Crippen LogP contribution in [0.15, 0.2) is 29.3 Å². The first-order valence-electron chi connectivity index (χ1n) is 8.65. The van der Waals surface area contributed by atoms with Crippen LogP contribution in [-0.4, -0.2) is 24.5 Å². The maximum Gasteiger partial charge on any atom is 0.248 e. The first-order valence-corrected chi connectivity index (χ1v) is 8.65. The molecular weight excluding hydrogens is 300 g/mol. The molecular formula is C19H32N4O. The van der Waals surface area contributed by atoms with E-state index < -0.39 is 5.91 Å². The largest absolute Gasteiger partial charge is 0.366 e. The molecule has 0 aliphatic heterocycles. The van der Waals surface area contributed by atoms with Crippen LogP contribution in [0.1, 0.15) is 63.4 Å². The molecule has 134 valence electrons. The smallest absolute Gasteiger partial charge is 0.248 e. The number of rotatable bonds is 7. The summed E-state index contributed by atoms with van der Waals surface area (Å²) < 4.78 is 0. The number of guanidine groups is 1. The number of carbonyl (C=O) groups excluding carboxylic acids is 1. The molecule has 1 amide bonds. The number of hydrogen-bond donors (Lipinski definition) is 3. The van der Waals surface area contributed by atoms with Crippen LogP contribution in [0.5, 0.6) is 0 Å². The summed E-state index contributed by atoms with van der Waals surface area (Å²) in [6.07, 6.45) is 2.26. The van der Waals surface area contributed by atoms with E-state index in [4.69, 9.17) is 5.73 Å². The summed E-state index contributed by atoms with van der Waals surface area (Å²) in [6, 6.07) is 7.60. The van der Waals surface area contributed by atoms with E-state index in [1.807, 2.05) is 12.1 Å². The van der Waals surface area contributed by atoms with Crippen LogP contribution in [0, 0.1) is 5.41 Å². The van der Waals surface area contributed by atoms with Crippen molar-refractivity contribution < 1.29 is 4.79 Å². The van der Waals surface area contributed by atoms with Crippen molar-refractivity contribution in [2.45, 2.75) is 60.0 Å². The minimum absolute atomic E-state index is 0.341. The summed E-state index contributed by atoms with van der Waals surface area (Å²) in [4.78, 5) is 15.7. The van der Waals surface area contributed by atoms with E-state index in [2.05, 4.69) is 50.2 Å². The normalized spacial score (nSPS) is 13.5. The average Bonchev–Trinajstić information content (AvgIpc) is 2.50. The number of benzene rings is 1. The van der Waals surface area contributed by atoms with Crippen LogP contribution in [0.4, 0.5) is 0 Å². The second kappa shape index (κ2) is 9.30. The Morgan fingerprint density at radius 2 is 1.88 bits per heavy atom. The highest BCUT2D eigenvalue weighted by molar-refractivity contribution is 5.92. The van der Waals surface area contributed by atoms with Gasteiger partial charge in [0.15, 0.2) is 5.96 Å². The van der Waals surface area contributed by atoms with Crippen LogP contribution in [-0.2, 0) is 6.54 Å². The Balaban J connectivity index is 2.62. The lowest BCUT2D eigenvalue weighted by atomic mass is 9.89. The molecule has 0 fully saturated rings. The van der Waals surface area contributed by atoms with E-state index in [-0.39, 0.29) is 0 Å². The molecule has 4 N–H and O–H groups in total. The van der Waals surface area contributed by atoms with E-state index in [9.17, 15) is 4.79 Å². The molecule has 0 saturated heterocycles. The monoisotopic (exact) mass is 332 g/mol. The van der Waals surface area contributed by atoms with Crippen LogP contribution in [0.2, 0.25) is 0 Å². The topological polar surface area (TPSA) is 79.5 Å². The van der Waals surface area contributed by atoms with Gasteiger partial charge in [-0.25, -0.2) is 4.99 Å². The van der Waals surface area contributed by atoms with Gasteiger partial charge in [0.1, 0.15) is 0 Å².